The molecule has 3 aromatic rings. The highest BCUT2D eigenvalue weighted by molar-refractivity contribution is 6.30. The van der Waals surface area contributed by atoms with Crippen molar-refractivity contribution in [1.29, 1.82) is 0 Å². The van der Waals surface area contributed by atoms with Gasteiger partial charge in [0.25, 0.3) is 0 Å². The lowest BCUT2D eigenvalue weighted by atomic mass is 10.0. The van der Waals surface area contributed by atoms with E-state index in [9.17, 15) is 0 Å². The maximum absolute atomic E-state index is 6.05. The van der Waals surface area contributed by atoms with E-state index in [2.05, 4.69) is 29.2 Å². The summed E-state index contributed by atoms with van der Waals surface area (Å²) in [7, 11) is 0. The molecule has 0 aliphatic heterocycles. The largest absolute Gasteiger partial charge is 0.378 e. The second kappa shape index (κ2) is 5.13. The second-order valence-electron chi connectivity index (χ2n) is 4.85. The second-order valence-corrected chi connectivity index (χ2v) is 5.28. The van der Waals surface area contributed by atoms with Crippen LogP contribution in [0.3, 0.4) is 0 Å². The smallest absolute Gasteiger partial charge is 0.155 e. The minimum Gasteiger partial charge on any atom is -0.378 e. The minimum atomic E-state index is 0.739. The number of nitrogens with one attached hydrogen (secondary N) is 1. The number of anilines is 1. The summed E-state index contributed by atoms with van der Waals surface area (Å²) in [6.45, 7) is 4.89. The van der Waals surface area contributed by atoms with Crippen LogP contribution in [0.5, 0.6) is 0 Å². The summed E-state index contributed by atoms with van der Waals surface area (Å²) in [4.78, 5) is 4.33. The van der Waals surface area contributed by atoms with Gasteiger partial charge in [0.1, 0.15) is 0 Å². The van der Waals surface area contributed by atoms with Gasteiger partial charge in [-0.05, 0) is 42.7 Å². The number of aromatic nitrogens is 3. The number of fused-ring (bicyclic) bond motifs is 1. The summed E-state index contributed by atoms with van der Waals surface area (Å²) >= 11 is 6.05. The van der Waals surface area contributed by atoms with Crippen LogP contribution in [-0.4, -0.2) is 14.6 Å². The lowest BCUT2D eigenvalue weighted by molar-refractivity contribution is 0.934. The minimum absolute atomic E-state index is 0.739. The van der Waals surface area contributed by atoms with Crippen LogP contribution in [0.1, 0.15) is 16.7 Å². The summed E-state index contributed by atoms with van der Waals surface area (Å²) in [5, 5.41) is 8.34. The van der Waals surface area contributed by atoms with E-state index in [0.717, 1.165) is 22.9 Å². The van der Waals surface area contributed by atoms with Crippen molar-refractivity contribution < 1.29 is 0 Å². The summed E-state index contributed by atoms with van der Waals surface area (Å²) in [5.74, 6) is 0. The Hall–Kier alpha value is -2.07. The molecule has 0 unspecified atom stereocenters. The molecular weight excluding hydrogens is 272 g/mol. The molecule has 3 rings (SSSR count). The van der Waals surface area contributed by atoms with Crippen LogP contribution in [-0.2, 0) is 6.54 Å². The monoisotopic (exact) mass is 286 g/mol. The van der Waals surface area contributed by atoms with E-state index in [1.54, 1.807) is 10.7 Å². The Morgan fingerprint density at radius 3 is 2.75 bits per heavy atom. The fourth-order valence-corrected chi connectivity index (χ4v) is 2.64. The first-order valence-electron chi connectivity index (χ1n) is 6.42. The van der Waals surface area contributed by atoms with E-state index in [4.69, 9.17) is 11.6 Å². The predicted octanol–water partition coefficient (Wildman–Crippen LogP) is 3.61. The Bertz CT molecular complexity index is 740. The van der Waals surface area contributed by atoms with Crippen molar-refractivity contribution in [2.24, 2.45) is 0 Å². The van der Waals surface area contributed by atoms with Gasteiger partial charge >= 0.3 is 0 Å². The molecular formula is C15H15ClN4. The zero-order valence-corrected chi connectivity index (χ0v) is 12.1. The molecule has 0 aliphatic rings. The van der Waals surface area contributed by atoms with E-state index in [0.29, 0.717) is 0 Å². The van der Waals surface area contributed by atoms with E-state index in [1.807, 2.05) is 30.6 Å². The van der Waals surface area contributed by atoms with Crippen LogP contribution in [0.25, 0.3) is 5.65 Å². The third kappa shape index (κ3) is 2.47. The molecule has 0 radical (unpaired) electrons. The SMILES string of the molecule is Cc1cc(Cl)cc(C)c1CNc1cnc2ccnn2c1. The van der Waals surface area contributed by atoms with Gasteiger partial charge in [-0.25, -0.2) is 9.50 Å². The lowest BCUT2D eigenvalue weighted by Gasteiger charge is -2.12. The number of benzene rings is 1. The average Bonchev–Trinajstić information content (AvgIpc) is 2.84. The van der Waals surface area contributed by atoms with Crippen LogP contribution in [0.15, 0.2) is 36.8 Å². The fourth-order valence-electron chi connectivity index (χ4n) is 2.31. The number of rotatable bonds is 3. The van der Waals surface area contributed by atoms with Gasteiger partial charge in [0.15, 0.2) is 5.65 Å². The molecule has 5 heteroatoms. The maximum Gasteiger partial charge on any atom is 0.155 e. The van der Waals surface area contributed by atoms with Gasteiger partial charge < -0.3 is 5.32 Å². The zero-order valence-electron chi connectivity index (χ0n) is 11.4. The van der Waals surface area contributed by atoms with Gasteiger partial charge in [0.05, 0.1) is 24.3 Å². The summed E-state index contributed by atoms with van der Waals surface area (Å²) < 4.78 is 1.75. The van der Waals surface area contributed by atoms with Crippen molar-refractivity contribution in [3.8, 4) is 0 Å². The molecule has 0 spiro atoms. The van der Waals surface area contributed by atoms with Crippen molar-refractivity contribution >= 4 is 22.9 Å². The number of hydrogen-bond acceptors (Lipinski definition) is 3. The van der Waals surface area contributed by atoms with Crippen LogP contribution >= 0.6 is 11.6 Å². The summed E-state index contributed by atoms with van der Waals surface area (Å²) in [5.41, 5.74) is 5.42. The zero-order chi connectivity index (χ0) is 14.1. The van der Waals surface area contributed by atoms with Crippen molar-refractivity contribution in [1.82, 2.24) is 14.6 Å². The van der Waals surface area contributed by atoms with Crippen molar-refractivity contribution in [3.05, 3.63) is 58.5 Å². The summed E-state index contributed by atoms with van der Waals surface area (Å²) in [6.07, 6.45) is 5.49. The van der Waals surface area contributed by atoms with Crippen molar-refractivity contribution in [2.45, 2.75) is 20.4 Å². The standard InChI is InChI=1S/C15H15ClN4/c1-10-5-12(16)6-11(2)14(10)8-17-13-7-18-15-3-4-19-20(15)9-13/h3-7,9,17H,8H2,1-2H3. The van der Waals surface area contributed by atoms with Crippen LogP contribution in [0.2, 0.25) is 5.02 Å². The molecule has 0 fully saturated rings. The van der Waals surface area contributed by atoms with Crippen LogP contribution in [0.4, 0.5) is 5.69 Å². The van der Waals surface area contributed by atoms with E-state index < -0.39 is 0 Å². The third-order valence-electron chi connectivity index (χ3n) is 3.38. The van der Waals surface area contributed by atoms with Gasteiger partial charge in [-0.1, -0.05) is 11.6 Å². The Morgan fingerprint density at radius 1 is 1.25 bits per heavy atom. The molecule has 0 saturated heterocycles. The van der Waals surface area contributed by atoms with Crippen molar-refractivity contribution in [3.63, 3.8) is 0 Å². The molecule has 1 N–H and O–H groups in total. The highest BCUT2D eigenvalue weighted by Gasteiger charge is 2.05. The Kier molecular flexibility index (Phi) is 3.32. The lowest BCUT2D eigenvalue weighted by Crippen LogP contribution is -2.05. The highest BCUT2D eigenvalue weighted by atomic mass is 35.5. The molecule has 0 bridgehead atoms. The molecule has 102 valence electrons. The van der Waals surface area contributed by atoms with Gasteiger partial charge in [0, 0.05) is 17.6 Å². The average molecular weight is 287 g/mol. The molecule has 20 heavy (non-hydrogen) atoms. The van der Waals surface area contributed by atoms with Gasteiger partial charge in [-0.3, -0.25) is 0 Å². The molecule has 1 aromatic carbocycles. The van der Waals surface area contributed by atoms with Gasteiger partial charge in [-0.2, -0.15) is 5.10 Å². The Labute approximate surface area is 122 Å². The Balaban J connectivity index is 1.82. The quantitative estimate of drug-likeness (QED) is 0.800. The van der Waals surface area contributed by atoms with Crippen LogP contribution in [0, 0.1) is 13.8 Å². The summed E-state index contributed by atoms with van der Waals surface area (Å²) in [6, 6.07) is 5.85. The highest BCUT2D eigenvalue weighted by Crippen LogP contribution is 2.21. The number of aryl methyl sites for hydroxylation is 2. The molecule has 4 nitrogen and oxygen atoms in total. The van der Waals surface area contributed by atoms with E-state index >= 15 is 0 Å². The number of nitrogens with zero attached hydrogens (tertiary/aromatic N) is 3. The molecule has 2 heterocycles. The molecule has 2 aromatic heterocycles. The van der Waals surface area contributed by atoms with Crippen LogP contribution < -0.4 is 5.32 Å². The van der Waals surface area contributed by atoms with E-state index in [-0.39, 0.29) is 0 Å². The topological polar surface area (TPSA) is 42.2 Å². The normalized spacial score (nSPS) is 10.9. The van der Waals surface area contributed by atoms with Crippen molar-refractivity contribution in [2.75, 3.05) is 5.32 Å². The molecule has 0 atom stereocenters. The van der Waals surface area contributed by atoms with Gasteiger partial charge in [-0.15, -0.1) is 0 Å². The molecule has 0 amide bonds. The predicted molar refractivity (Wildman–Crippen MR) is 81.2 cm³/mol. The Morgan fingerprint density at radius 2 is 2.00 bits per heavy atom. The first-order chi connectivity index (χ1) is 9.63. The molecule has 0 saturated carbocycles. The number of hydrogen-bond donors (Lipinski definition) is 1. The van der Waals surface area contributed by atoms with E-state index in [1.165, 1.54) is 16.7 Å². The fraction of sp³-hybridized carbons (Fsp3) is 0.200. The first kappa shape index (κ1) is 12.9. The van der Waals surface area contributed by atoms with Gasteiger partial charge in [0.2, 0.25) is 0 Å². The maximum atomic E-state index is 6.05. The third-order valence-corrected chi connectivity index (χ3v) is 3.59. The first-order valence-corrected chi connectivity index (χ1v) is 6.80. The molecule has 0 aliphatic carbocycles. The number of halogens is 1.